The minimum Gasteiger partial charge on any atom is -0.310 e. The van der Waals surface area contributed by atoms with E-state index in [4.69, 9.17) is 0 Å². The predicted molar refractivity (Wildman–Crippen MR) is 79.0 cm³/mol. The van der Waals surface area contributed by atoms with Gasteiger partial charge in [0.2, 0.25) is 11.1 Å². The summed E-state index contributed by atoms with van der Waals surface area (Å²) in [5.74, 6) is 1.36. The fraction of sp³-hybridized carbons (Fsp3) is 0.333. The van der Waals surface area contributed by atoms with E-state index in [2.05, 4.69) is 21.6 Å². The number of fused-ring (bicyclic) bond motifs is 1. The van der Waals surface area contributed by atoms with E-state index in [0.29, 0.717) is 10.9 Å². The number of carbonyl (C=O) groups excluding carboxylic acids is 1. The van der Waals surface area contributed by atoms with Crippen molar-refractivity contribution in [3.8, 4) is 0 Å². The van der Waals surface area contributed by atoms with Gasteiger partial charge in [0.1, 0.15) is 0 Å². The van der Waals surface area contributed by atoms with E-state index < -0.39 is 0 Å². The van der Waals surface area contributed by atoms with Crippen LogP contribution in [-0.4, -0.2) is 44.2 Å². The first kappa shape index (κ1) is 13.4. The van der Waals surface area contributed by atoms with Gasteiger partial charge in [0, 0.05) is 24.2 Å². The third kappa shape index (κ3) is 2.66. The molecule has 1 aromatic heterocycles. The summed E-state index contributed by atoms with van der Waals surface area (Å²) >= 11 is 3.15. The van der Waals surface area contributed by atoms with Crippen molar-refractivity contribution in [2.45, 2.75) is 10.1 Å². The molecule has 104 valence electrons. The highest BCUT2D eigenvalue weighted by Gasteiger charge is 2.22. The highest BCUT2D eigenvalue weighted by molar-refractivity contribution is 8.00. The molecule has 0 saturated carbocycles. The van der Waals surface area contributed by atoms with Gasteiger partial charge in [-0.3, -0.25) is 4.79 Å². The number of amides is 1. The van der Waals surface area contributed by atoms with Crippen molar-refractivity contribution in [1.29, 1.82) is 0 Å². The molecule has 0 spiro atoms. The van der Waals surface area contributed by atoms with Gasteiger partial charge < -0.3 is 4.90 Å². The van der Waals surface area contributed by atoms with Gasteiger partial charge in [-0.1, -0.05) is 23.9 Å². The molecule has 2 heterocycles. The van der Waals surface area contributed by atoms with E-state index in [0.717, 1.165) is 22.9 Å². The van der Waals surface area contributed by atoms with Crippen LogP contribution in [0.3, 0.4) is 0 Å². The first-order valence-corrected chi connectivity index (χ1v) is 8.10. The van der Waals surface area contributed by atoms with Crippen LogP contribution in [0.2, 0.25) is 0 Å². The van der Waals surface area contributed by atoms with Gasteiger partial charge in [-0.2, -0.15) is 0 Å². The molecule has 0 saturated heterocycles. The molecule has 2 aromatic rings. The summed E-state index contributed by atoms with van der Waals surface area (Å²) in [6, 6.07) is 8.01. The summed E-state index contributed by atoms with van der Waals surface area (Å²) in [5, 5.41) is 11.8. The number of carbonyl (C=O) groups is 1. The average Bonchev–Trinajstić information content (AvgIpc) is 2.89. The van der Waals surface area contributed by atoms with E-state index in [9.17, 15) is 4.79 Å². The largest absolute Gasteiger partial charge is 0.310 e. The highest BCUT2D eigenvalue weighted by Crippen LogP contribution is 2.34. The lowest BCUT2D eigenvalue weighted by molar-refractivity contribution is -0.116. The van der Waals surface area contributed by atoms with Gasteiger partial charge in [0.25, 0.3) is 0 Å². The molecule has 0 radical (unpaired) electrons. The topological polar surface area (TPSA) is 63.9 Å². The maximum Gasteiger partial charge on any atom is 0.237 e. The molecule has 1 aromatic carbocycles. The van der Waals surface area contributed by atoms with Gasteiger partial charge >= 0.3 is 0 Å². The second kappa shape index (κ2) is 5.84. The van der Waals surface area contributed by atoms with Crippen LogP contribution in [0.5, 0.6) is 0 Å². The molecular formula is C12H13N5OS2. The van der Waals surface area contributed by atoms with Gasteiger partial charge in [-0.05, 0) is 22.6 Å². The van der Waals surface area contributed by atoms with Crippen molar-refractivity contribution in [2.24, 2.45) is 7.05 Å². The fourth-order valence-electron chi connectivity index (χ4n) is 1.98. The number of hydrogen-bond acceptors (Lipinski definition) is 6. The molecule has 0 aliphatic carbocycles. The predicted octanol–water partition coefficient (Wildman–Crippen LogP) is 1.44. The number of tetrazole rings is 1. The summed E-state index contributed by atoms with van der Waals surface area (Å²) in [4.78, 5) is 15.4. The van der Waals surface area contributed by atoms with Crippen LogP contribution in [0.1, 0.15) is 0 Å². The van der Waals surface area contributed by atoms with Crippen LogP contribution in [0.25, 0.3) is 0 Å². The minimum absolute atomic E-state index is 0.0887. The van der Waals surface area contributed by atoms with Crippen molar-refractivity contribution >= 4 is 35.1 Å². The molecule has 6 nitrogen and oxygen atoms in total. The summed E-state index contributed by atoms with van der Waals surface area (Å²) in [6.45, 7) is 0.748. The van der Waals surface area contributed by atoms with Gasteiger partial charge in [0.15, 0.2) is 0 Å². The first-order valence-electron chi connectivity index (χ1n) is 6.13. The van der Waals surface area contributed by atoms with Crippen LogP contribution in [0.4, 0.5) is 5.69 Å². The minimum atomic E-state index is 0.0887. The molecule has 3 rings (SSSR count). The number of aromatic nitrogens is 4. The molecule has 20 heavy (non-hydrogen) atoms. The molecule has 1 amide bonds. The van der Waals surface area contributed by atoms with Crippen molar-refractivity contribution in [1.82, 2.24) is 20.2 Å². The molecule has 1 aliphatic rings. The molecule has 0 N–H and O–H groups in total. The summed E-state index contributed by atoms with van der Waals surface area (Å²) in [5.41, 5.74) is 1.01. The van der Waals surface area contributed by atoms with E-state index in [-0.39, 0.29) is 5.91 Å². The quantitative estimate of drug-likeness (QED) is 0.800. The lowest BCUT2D eigenvalue weighted by atomic mass is 10.3. The maximum absolute atomic E-state index is 12.4. The zero-order valence-electron chi connectivity index (χ0n) is 10.9. The van der Waals surface area contributed by atoms with Crippen LogP contribution in [0, 0.1) is 0 Å². The summed E-state index contributed by atoms with van der Waals surface area (Å²) < 4.78 is 1.57. The number of thioether (sulfide) groups is 2. The molecule has 0 atom stereocenters. The van der Waals surface area contributed by atoms with Crippen molar-refractivity contribution in [3.63, 3.8) is 0 Å². The maximum atomic E-state index is 12.4. The number of rotatable bonds is 3. The van der Waals surface area contributed by atoms with Crippen LogP contribution < -0.4 is 4.90 Å². The lowest BCUT2D eigenvalue weighted by Crippen LogP contribution is -2.36. The van der Waals surface area contributed by atoms with Crippen LogP contribution in [0.15, 0.2) is 34.3 Å². The number of anilines is 1. The first-order chi connectivity index (χ1) is 9.75. The molecule has 1 aliphatic heterocycles. The van der Waals surface area contributed by atoms with Crippen LogP contribution >= 0.6 is 23.5 Å². The third-order valence-electron chi connectivity index (χ3n) is 2.94. The highest BCUT2D eigenvalue weighted by atomic mass is 32.2. The number of hydrogen-bond donors (Lipinski definition) is 0. The number of para-hydroxylation sites is 1. The van der Waals surface area contributed by atoms with Crippen molar-refractivity contribution in [2.75, 3.05) is 23.0 Å². The van der Waals surface area contributed by atoms with E-state index in [1.807, 2.05) is 23.1 Å². The normalized spacial score (nSPS) is 14.2. The smallest absolute Gasteiger partial charge is 0.237 e. The summed E-state index contributed by atoms with van der Waals surface area (Å²) in [6.07, 6.45) is 0. The van der Waals surface area contributed by atoms with Crippen molar-refractivity contribution in [3.05, 3.63) is 24.3 Å². The monoisotopic (exact) mass is 307 g/mol. The van der Waals surface area contributed by atoms with Gasteiger partial charge in [-0.25, -0.2) is 4.68 Å². The molecule has 8 heteroatoms. The molecule has 0 unspecified atom stereocenters. The Kier molecular flexibility index (Phi) is 3.93. The standard InChI is InChI=1S/C12H13N5OS2/c1-16-12(13-14-15-16)20-8-11(18)17-6-7-19-10-5-3-2-4-9(10)17/h2-5H,6-8H2,1H3. The Bertz CT molecular complexity index is 630. The molecular weight excluding hydrogens is 294 g/mol. The van der Waals surface area contributed by atoms with Crippen LogP contribution in [-0.2, 0) is 11.8 Å². The zero-order chi connectivity index (χ0) is 13.9. The summed E-state index contributed by atoms with van der Waals surface area (Å²) in [7, 11) is 1.76. The molecule has 0 fully saturated rings. The fourth-order valence-corrected chi connectivity index (χ4v) is 3.70. The Balaban J connectivity index is 1.71. The second-order valence-corrected chi connectivity index (χ2v) is 6.31. The average molecular weight is 307 g/mol. The van der Waals surface area contributed by atoms with E-state index >= 15 is 0 Å². The zero-order valence-corrected chi connectivity index (χ0v) is 12.5. The van der Waals surface area contributed by atoms with E-state index in [1.54, 1.807) is 23.5 Å². The SMILES string of the molecule is Cn1nnnc1SCC(=O)N1CCSc2ccccc21. The lowest BCUT2D eigenvalue weighted by Gasteiger charge is -2.28. The Morgan fingerprint density at radius 1 is 1.45 bits per heavy atom. The molecule has 0 bridgehead atoms. The third-order valence-corrected chi connectivity index (χ3v) is 4.97. The Labute approximate surface area is 124 Å². The Morgan fingerprint density at radius 3 is 3.10 bits per heavy atom. The van der Waals surface area contributed by atoms with Gasteiger partial charge in [-0.15, -0.1) is 16.9 Å². The van der Waals surface area contributed by atoms with Gasteiger partial charge in [0.05, 0.1) is 11.4 Å². The Hall–Kier alpha value is -1.54. The number of nitrogens with zero attached hydrogens (tertiary/aromatic N) is 5. The van der Waals surface area contributed by atoms with E-state index in [1.165, 1.54) is 11.8 Å². The second-order valence-electron chi connectivity index (χ2n) is 4.24. The Morgan fingerprint density at radius 2 is 2.30 bits per heavy atom. The van der Waals surface area contributed by atoms with Crippen molar-refractivity contribution < 1.29 is 4.79 Å². The number of aryl methyl sites for hydroxylation is 1. The number of benzene rings is 1.